The Morgan fingerprint density at radius 3 is 2.47 bits per heavy atom. The van der Waals surface area contributed by atoms with E-state index in [1.165, 1.54) is 11.8 Å². The lowest BCUT2D eigenvalue weighted by Gasteiger charge is -2.10. The molecule has 0 N–H and O–H groups in total. The van der Waals surface area contributed by atoms with Crippen LogP contribution in [0.15, 0.2) is 30.3 Å². The molecule has 0 aliphatic rings. The van der Waals surface area contributed by atoms with Crippen LogP contribution in [0.5, 0.6) is 0 Å². The highest BCUT2D eigenvalue weighted by atomic mass is 32.2. The third-order valence-electron chi connectivity index (χ3n) is 2.36. The van der Waals surface area contributed by atoms with Crippen LogP contribution in [0.25, 0.3) is 0 Å². The predicted molar refractivity (Wildman–Crippen MR) is 69.3 cm³/mol. The zero-order chi connectivity index (χ0) is 12.7. The molecule has 4 heteroatoms. The van der Waals surface area contributed by atoms with Crippen LogP contribution in [0, 0.1) is 0 Å². The van der Waals surface area contributed by atoms with E-state index in [1.807, 2.05) is 19.2 Å². The van der Waals surface area contributed by atoms with Gasteiger partial charge in [-0.05, 0) is 12.7 Å². The molecule has 0 aliphatic heterocycles. The van der Waals surface area contributed by atoms with Gasteiger partial charge in [-0.2, -0.15) is 11.8 Å². The van der Waals surface area contributed by atoms with Gasteiger partial charge < -0.3 is 4.74 Å². The van der Waals surface area contributed by atoms with E-state index in [0.29, 0.717) is 12.0 Å². The van der Waals surface area contributed by atoms with Gasteiger partial charge in [0, 0.05) is 5.56 Å². The molecule has 0 saturated carbocycles. The molecule has 0 saturated heterocycles. The van der Waals surface area contributed by atoms with Crippen LogP contribution in [0.4, 0.5) is 0 Å². The SMILES string of the molecule is CCC(SC)C(=O)OCC(=O)c1ccccc1. The van der Waals surface area contributed by atoms with Gasteiger partial charge >= 0.3 is 5.97 Å². The standard InChI is InChI=1S/C13H16O3S/c1-3-12(17-2)13(15)16-9-11(14)10-7-5-4-6-8-10/h4-8,12H,3,9H2,1-2H3. The number of hydrogen-bond donors (Lipinski definition) is 0. The number of rotatable bonds is 6. The van der Waals surface area contributed by atoms with Crippen LogP contribution in [-0.2, 0) is 9.53 Å². The average molecular weight is 252 g/mol. The van der Waals surface area contributed by atoms with E-state index in [4.69, 9.17) is 4.74 Å². The number of carbonyl (C=O) groups is 2. The summed E-state index contributed by atoms with van der Waals surface area (Å²) in [6.45, 7) is 1.74. The number of esters is 1. The molecule has 0 fully saturated rings. The van der Waals surface area contributed by atoms with Crippen molar-refractivity contribution in [2.75, 3.05) is 12.9 Å². The Labute approximate surface area is 106 Å². The first kappa shape index (κ1) is 13.8. The number of ketones is 1. The van der Waals surface area contributed by atoms with Crippen molar-refractivity contribution >= 4 is 23.5 Å². The fourth-order valence-corrected chi connectivity index (χ4v) is 1.96. The minimum atomic E-state index is -0.315. The fraction of sp³-hybridized carbons (Fsp3) is 0.385. The first-order chi connectivity index (χ1) is 8.19. The molecule has 0 aliphatic carbocycles. The van der Waals surface area contributed by atoms with Crippen molar-refractivity contribution in [2.45, 2.75) is 18.6 Å². The maximum atomic E-state index is 11.7. The van der Waals surface area contributed by atoms with Gasteiger partial charge in [0.1, 0.15) is 5.25 Å². The molecule has 0 radical (unpaired) electrons. The summed E-state index contributed by atoms with van der Waals surface area (Å²) in [6.07, 6.45) is 2.56. The van der Waals surface area contributed by atoms with Gasteiger partial charge in [0.2, 0.25) is 0 Å². The van der Waals surface area contributed by atoms with Crippen LogP contribution in [0.3, 0.4) is 0 Å². The van der Waals surface area contributed by atoms with Crippen molar-refractivity contribution in [2.24, 2.45) is 0 Å². The van der Waals surface area contributed by atoms with E-state index >= 15 is 0 Å². The summed E-state index contributed by atoms with van der Waals surface area (Å²) in [5.41, 5.74) is 0.567. The normalized spacial score (nSPS) is 11.9. The first-order valence-electron chi connectivity index (χ1n) is 5.46. The molecule has 1 rings (SSSR count). The Morgan fingerprint density at radius 2 is 1.94 bits per heavy atom. The Bertz CT molecular complexity index is 372. The second-order valence-electron chi connectivity index (χ2n) is 3.53. The minimum Gasteiger partial charge on any atom is -0.456 e. The number of benzene rings is 1. The van der Waals surface area contributed by atoms with Crippen molar-refractivity contribution in [1.82, 2.24) is 0 Å². The molecule has 92 valence electrons. The van der Waals surface area contributed by atoms with Crippen LogP contribution in [0.1, 0.15) is 23.7 Å². The summed E-state index contributed by atoms with van der Waals surface area (Å²) < 4.78 is 4.99. The number of ether oxygens (including phenoxy) is 1. The molecule has 0 spiro atoms. The van der Waals surface area contributed by atoms with E-state index < -0.39 is 0 Å². The highest BCUT2D eigenvalue weighted by Crippen LogP contribution is 2.12. The maximum Gasteiger partial charge on any atom is 0.319 e. The van der Waals surface area contributed by atoms with Crippen molar-refractivity contribution in [3.8, 4) is 0 Å². The summed E-state index contributed by atoms with van der Waals surface area (Å²) in [7, 11) is 0. The second-order valence-corrected chi connectivity index (χ2v) is 4.57. The van der Waals surface area contributed by atoms with Gasteiger partial charge in [-0.25, -0.2) is 0 Å². The van der Waals surface area contributed by atoms with Gasteiger partial charge in [0.15, 0.2) is 12.4 Å². The molecule has 1 aromatic rings. The van der Waals surface area contributed by atoms with E-state index in [-0.39, 0.29) is 23.6 Å². The van der Waals surface area contributed by atoms with Crippen molar-refractivity contribution in [1.29, 1.82) is 0 Å². The molecule has 17 heavy (non-hydrogen) atoms. The highest BCUT2D eigenvalue weighted by molar-refractivity contribution is 7.99. The molecule has 0 heterocycles. The van der Waals surface area contributed by atoms with Gasteiger partial charge in [-0.15, -0.1) is 0 Å². The van der Waals surface area contributed by atoms with Crippen LogP contribution in [0.2, 0.25) is 0 Å². The number of hydrogen-bond acceptors (Lipinski definition) is 4. The number of carbonyl (C=O) groups excluding carboxylic acids is 2. The summed E-state index contributed by atoms with van der Waals surface area (Å²) in [4.78, 5) is 23.2. The Hall–Kier alpha value is -1.29. The van der Waals surface area contributed by atoms with Gasteiger partial charge in [0.05, 0.1) is 0 Å². The topological polar surface area (TPSA) is 43.4 Å². The predicted octanol–water partition coefficient (Wildman–Crippen LogP) is 2.55. The van der Waals surface area contributed by atoms with Crippen LogP contribution >= 0.6 is 11.8 Å². The monoisotopic (exact) mass is 252 g/mol. The molecule has 1 unspecified atom stereocenters. The summed E-state index contributed by atoms with van der Waals surface area (Å²) in [5.74, 6) is -0.487. The summed E-state index contributed by atoms with van der Waals surface area (Å²) in [5, 5.41) is -0.182. The van der Waals surface area contributed by atoms with Crippen LogP contribution in [-0.4, -0.2) is 29.9 Å². The summed E-state index contributed by atoms with van der Waals surface area (Å²) in [6, 6.07) is 8.82. The van der Waals surface area contributed by atoms with E-state index in [0.717, 1.165) is 0 Å². The lowest BCUT2D eigenvalue weighted by atomic mass is 10.1. The third kappa shape index (κ3) is 4.23. The van der Waals surface area contributed by atoms with Crippen LogP contribution < -0.4 is 0 Å². The zero-order valence-corrected chi connectivity index (χ0v) is 10.8. The lowest BCUT2D eigenvalue weighted by molar-refractivity contribution is -0.141. The Kier molecular flexibility index (Phi) is 5.77. The largest absolute Gasteiger partial charge is 0.456 e. The molecule has 3 nitrogen and oxygen atoms in total. The molecule has 1 aromatic carbocycles. The number of Topliss-reactive ketones (excluding diaryl/α,β-unsaturated/α-hetero) is 1. The van der Waals surface area contributed by atoms with E-state index in [1.54, 1.807) is 24.3 Å². The average Bonchev–Trinajstić information content (AvgIpc) is 2.38. The van der Waals surface area contributed by atoms with Gasteiger partial charge in [-0.1, -0.05) is 37.3 Å². The molecular weight excluding hydrogens is 236 g/mol. The molecule has 0 amide bonds. The zero-order valence-electron chi connectivity index (χ0n) is 10.0. The Morgan fingerprint density at radius 1 is 1.29 bits per heavy atom. The van der Waals surface area contributed by atoms with Crippen molar-refractivity contribution in [3.05, 3.63) is 35.9 Å². The molecule has 0 aromatic heterocycles. The minimum absolute atomic E-state index is 0.171. The smallest absolute Gasteiger partial charge is 0.319 e. The molecule has 0 bridgehead atoms. The quantitative estimate of drug-likeness (QED) is 0.576. The van der Waals surface area contributed by atoms with Crippen molar-refractivity contribution < 1.29 is 14.3 Å². The maximum absolute atomic E-state index is 11.7. The first-order valence-corrected chi connectivity index (χ1v) is 6.75. The van der Waals surface area contributed by atoms with E-state index in [2.05, 4.69) is 0 Å². The third-order valence-corrected chi connectivity index (χ3v) is 3.45. The lowest BCUT2D eigenvalue weighted by Crippen LogP contribution is -2.22. The highest BCUT2D eigenvalue weighted by Gasteiger charge is 2.17. The molecular formula is C13H16O3S. The Balaban J connectivity index is 2.46. The number of thioether (sulfide) groups is 1. The second kappa shape index (κ2) is 7.12. The molecule has 1 atom stereocenters. The van der Waals surface area contributed by atoms with Crippen molar-refractivity contribution in [3.63, 3.8) is 0 Å². The summed E-state index contributed by atoms with van der Waals surface area (Å²) >= 11 is 1.44. The van der Waals surface area contributed by atoms with Gasteiger partial charge in [-0.3, -0.25) is 9.59 Å². The fourth-order valence-electron chi connectivity index (χ4n) is 1.37. The van der Waals surface area contributed by atoms with E-state index in [9.17, 15) is 9.59 Å². The van der Waals surface area contributed by atoms with Gasteiger partial charge in [0.25, 0.3) is 0 Å².